The van der Waals surface area contributed by atoms with Crippen LogP contribution in [0.15, 0.2) is 63.6 Å². The molecule has 0 spiro atoms. The molecule has 29 heavy (non-hydrogen) atoms. The Balaban J connectivity index is 1.50. The Labute approximate surface area is 164 Å². The van der Waals surface area contributed by atoms with E-state index >= 15 is 0 Å². The monoisotopic (exact) mass is 396 g/mol. The smallest absolute Gasteiger partial charge is 0.374 e. The number of hydrogen-bond acceptors (Lipinski definition) is 7. The number of carbonyl (C=O) groups excluding carboxylic acids is 4. The van der Waals surface area contributed by atoms with E-state index in [1.54, 1.807) is 30.3 Å². The lowest BCUT2D eigenvalue weighted by Gasteiger charge is -2.06. The van der Waals surface area contributed by atoms with Gasteiger partial charge in [0.25, 0.3) is 5.91 Å². The predicted octanol–water partition coefficient (Wildman–Crippen LogP) is 2.36. The van der Waals surface area contributed by atoms with Gasteiger partial charge in [-0.3, -0.25) is 25.2 Å². The molecule has 9 nitrogen and oxygen atoms in total. The third-order valence-electron chi connectivity index (χ3n) is 3.78. The van der Waals surface area contributed by atoms with Crippen LogP contribution >= 0.6 is 0 Å². The molecule has 0 aliphatic rings. The molecule has 3 aromatic rings. The predicted molar refractivity (Wildman–Crippen MR) is 98.7 cm³/mol. The number of esters is 1. The molecule has 2 aromatic heterocycles. The van der Waals surface area contributed by atoms with Crippen molar-refractivity contribution in [2.24, 2.45) is 0 Å². The molecule has 0 bridgehead atoms. The quantitative estimate of drug-likeness (QED) is 0.372. The van der Waals surface area contributed by atoms with Crippen LogP contribution in [0.3, 0.4) is 0 Å². The lowest BCUT2D eigenvalue weighted by Crippen LogP contribution is -2.43. The summed E-state index contributed by atoms with van der Waals surface area (Å²) in [5.74, 6) is -1.97. The Morgan fingerprint density at radius 3 is 2.34 bits per heavy atom. The maximum atomic E-state index is 12.0. The second kappa shape index (κ2) is 8.70. The number of Topliss-reactive ketones (excluding diaryl/α,β-unsaturated/α-hetero) is 1. The number of ether oxygens (including phenoxy) is 1. The number of ketones is 1. The first-order valence-electron chi connectivity index (χ1n) is 8.45. The molecule has 2 heterocycles. The molecule has 148 valence electrons. The van der Waals surface area contributed by atoms with Crippen molar-refractivity contribution >= 4 is 23.6 Å². The maximum Gasteiger partial charge on any atom is 0.374 e. The number of furan rings is 2. The summed E-state index contributed by atoms with van der Waals surface area (Å²) in [5.41, 5.74) is 5.44. The van der Waals surface area contributed by atoms with Gasteiger partial charge in [0.2, 0.25) is 5.76 Å². The Bertz CT molecular complexity index is 1030. The zero-order valence-electron chi connectivity index (χ0n) is 15.3. The fraction of sp³-hybridized carbons (Fsp3) is 0.100. The summed E-state index contributed by atoms with van der Waals surface area (Å²) in [5, 5.41) is 0. The van der Waals surface area contributed by atoms with Crippen LogP contribution in [0.2, 0.25) is 0 Å². The van der Waals surface area contributed by atoms with Gasteiger partial charge in [-0.25, -0.2) is 4.79 Å². The highest BCUT2D eigenvalue weighted by molar-refractivity contribution is 5.95. The number of benzene rings is 1. The van der Waals surface area contributed by atoms with E-state index in [9.17, 15) is 19.2 Å². The third-order valence-corrected chi connectivity index (χ3v) is 3.78. The number of nitrogens with one attached hydrogen (secondary N) is 2. The van der Waals surface area contributed by atoms with Gasteiger partial charge in [0.05, 0.1) is 6.26 Å². The standard InChI is InChI=1S/C20H16N2O7/c1-12(23)13-4-6-14(7-5-13)15-8-9-17(29-15)20(26)28-11-18(24)21-22-19(25)16-3-2-10-27-16/h2-10H,11H2,1H3,(H,21,24)(H,22,25). The van der Waals surface area contributed by atoms with Gasteiger partial charge < -0.3 is 13.6 Å². The number of amides is 2. The third kappa shape index (κ3) is 4.98. The van der Waals surface area contributed by atoms with E-state index in [1.807, 2.05) is 0 Å². The van der Waals surface area contributed by atoms with Gasteiger partial charge in [0.1, 0.15) is 5.76 Å². The lowest BCUT2D eigenvalue weighted by atomic mass is 10.1. The molecular formula is C20H16N2O7. The normalized spacial score (nSPS) is 10.2. The minimum Gasteiger partial charge on any atom is -0.459 e. The Morgan fingerprint density at radius 1 is 0.931 bits per heavy atom. The van der Waals surface area contributed by atoms with Crippen molar-refractivity contribution in [1.29, 1.82) is 0 Å². The van der Waals surface area contributed by atoms with Crippen LogP contribution in [0.4, 0.5) is 0 Å². The van der Waals surface area contributed by atoms with Crippen LogP contribution in [-0.2, 0) is 9.53 Å². The van der Waals surface area contributed by atoms with Gasteiger partial charge in [-0.15, -0.1) is 0 Å². The van der Waals surface area contributed by atoms with E-state index in [1.165, 1.54) is 31.4 Å². The molecule has 0 saturated carbocycles. The minimum atomic E-state index is -0.843. The first kappa shape index (κ1) is 19.6. The lowest BCUT2D eigenvalue weighted by molar-refractivity contribution is -0.125. The van der Waals surface area contributed by atoms with Gasteiger partial charge in [0.15, 0.2) is 18.2 Å². The molecule has 0 saturated heterocycles. The molecule has 0 fully saturated rings. The van der Waals surface area contributed by atoms with E-state index in [4.69, 9.17) is 13.6 Å². The summed E-state index contributed by atoms with van der Waals surface area (Å²) in [7, 11) is 0. The molecule has 0 unspecified atom stereocenters. The number of rotatable bonds is 6. The molecule has 0 atom stereocenters. The fourth-order valence-corrected chi connectivity index (χ4v) is 2.31. The van der Waals surface area contributed by atoms with E-state index in [-0.39, 0.29) is 17.3 Å². The SMILES string of the molecule is CC(=O)c1ccc(-c2ccc(C(=O)OCC(=O)NNC(=O)c3ccco3)o2)cc1. The Morgan fingerprint density at radius 2 is 1.69 bits per heavy atom. The average Bonchev–Trinajstić information content (AvgIpc) is 3.42. The zero-order chi connectivity index (χ0) is 20.8. The van der Waals surface area contributed by atoms with Crippen molar-refractivity contribution in [2.75, 3.05) is 6.61 Å². The van der Waals surface area contributed by atoms with Crippen molar-refractivity contribution in [3.63, 3.8) is 0 Å². The van der Waals surface area contributed by atoms with Gasteiger partial charge in [0, 0.05) is 11.1 Å². The Hall–Kier alpha value is -4.14. The van der Waals surface area contributed by atoms with E-state index < -0.39 is 24.4 Å². The van der Waals surface area contributed by atoms with Crippen molar-refractivity contribution < 1.29 is 32.7 Å². The summed E-state index contributed by atoms with van der Waals surface area (Å²) >= 11 is 0. The van der Waals surface area contributed by atoms with Crippen LogP contribution in [0.1, 0.15) is 38.4 Å². The molecule has 9 heteroatoms. The van der Waals surface area contributed by atoms with Gasteiger partial charge in [-0.1, -0.05) is 24.3 Å². The second-order valence-electron chi connectivity index (χ2n) is 5.85. The number of hydrazine groups is 1. The number of hydrogen-bond donors (Lipinski definition) is 2. The van der Waals surface area contributed by atoms with E-state index in [0.717, 1.165) is 0 Å². The highest BCUT2D eigenvalue weighted by Crippen LogP contribution is 2.23. The van der Waals surface area contributed by atoms with Gasteiger partial charge >= 0.3 is 11.9 Å². The molecule has 0 aliphatic heterocycles. The topological polar surface area (TPSA) is 128 Å². The highest BCUT2D eigenvalue weighted by Gasteiger charge is 2.16. The number of carbonyl (C=O) groups is 4. The minimum absolute atomic E-state index is 0.0155. The molecular weight excluding hydrogens is 380 g/mol. The van der Waals surface area contributed by atoms with Gasteiger partial charge in [-0.2, -0.15) is 0 Å². The Kier molecular flexibility index (Phi) is 5.88. The first-order valence-corrected chi connectivity index (χ1v) is 8.45. The second-order valence-corrected chi connectivity index (χ2v) is 5.85. The van der Waals surface area contributed by atoms with Crippen LogP contribution in [0.25, 0.3) is 11.3 Å². The first-order chi connectivity index (χ1) is 13.9. The largest absolute Gasteiger partial charge is 0.459 e. The van der Waals surface area contributed by atoms with Crippen molar-refractivity contribution in [1.82, 2.24) is 10.9 Å². The molecule has 2 amide bonds. The summed E-state index contributed by atoms with van der Waals surface area (Å²) in [6.07, 6.45) is 1.31. The van der Waals surface area contributed by atoms with Crippen molar-refractivity contribution in [3.8, 4) is 11.3 Å². The van der Waals surface area contributed by atoms with Crippen LogP contribution < -0.4 is 10.9 Å². The molecule has 2 N–H and O–H groups in total. The van der Waals surface area contributed by atoms with Crippen molar-refractivity contribution in [2.45, 2.75) is 6.92 Å². The fourth-order valence-electron chi connectivity index (χ4n) is 2.31. The molecule has 1 aromatic carbocycles. The summed E-state index contributed by atoms with van der Waals surface area (Å²) in [4.78, 5) is 46.6. The summed E-state index contributed by atoms with van der Waals surface area (Å²) < 4.78 is 15.1. The summed E-state index contributed by atoms with van der Waals surface area (Å²) in [6, 6.07) is 12.6. The zero-order valence-corrected chi connectivity index (χ0v) is 15.3. The van der Waals surface area contributed by atoms with Crippen LogP contribution in [0, 0.1) is 0 Å². The van der Waals surface area contributed by atoms with Crippen molar-refractivity contribution in [3.05, 3.63) is 71.9 Å². The summed E-state index contributed by atoms with van der Waals surface area (Å²) in [6.45, 7) is 0.842. The molecule has 0 radical (unpaired) electrons. The molecule has 0 aliphatic carbocycles. The van der Waals surface area contributed by atoms with Gasteiger partial charge in [-0.05, 0) is 31.2 Å². The average molecular weight is 396 g/mol. The van der Waals surface area contributed by atoms with E-state index in [0.29, 0.717) is 16.9 Å². The maximum absolute atomic E-state index is 12.0. The highest BCUT2D eigenvalue weighted by atomic mass is 16.5. The van der Waals surface area contributed by atoms with Crippen LogP contribution in [-0.4, -0.2) is 30.2 Å². The van der Waals surface area contributed by atoms with Crippen LogP contribution in [0.5, 0.6) is 0 Å². The van der Waals surface area contributed by atoms with E-state index in [2.05, 4.69) is 10.9 Å². The molecule has 3 rings (SSSR count).